The van der Waals surface area contributed by atoms with E-state index in [9.17, 15) is 18.0 Å². The Bertz CT molecular complexity index is 1240. The third kappa shape index (κ3) is 6.56. The van der Waals surface area contributed by atoms with Crippen molar-refractivity contribution in [2.75, 3.05) is 38.5 Å². The fourth-order valence-electron chi connectivity index (χ4n) is 3.99. The lowest BCUT2D eigenvalue weighted by molar-refractivity contribution is -0.138. The number of aliphatic imine (C=N–C) groups is 1. The molecule has 188 valence electrons. The van der Waals surface area contributed by atoms with Gasteiger partial charge in [-0.05, 0) is 67.1 Å². The van der Waals surface area contributed by atoms with E-state index in [0.717, 1.165) is 30.3 Å². The Labute approximate surface area is 208 Å². The fourth-order valence-corrected chi connectivity index (χ4v) is 3.99. The van der Waals surface area contributed by atoms with Gasteiger partial charge in [-0.1, -0.05) is 12.1 Å². The number of anilines is 1. The van der Waals surface area contributed by atoms with Gasteiger partial charge in [-0.25, -0.2) is 0 Å². The number of nitrogens with one attached hydrogen (secondary N) is 1. The summed E-state index contributed by atoms with van der Waals surface area (Å²) in [6.07, 6.45) is 0.454. The van der Waals surface area contributed by atoms with Gasteiger partial charge in [0.2, 0.25) is 0 Å². The van der Waals surface area contributed by atoms with Crippen LogP contribution in [-0.2, 0) is 12.7 Å². The van der Waals surface area contributed by atoms with E-state index in [-0.39, 0.29) is 17.8 Å². The smallest absolute Gasteiger partial charge is 0.322 e. The van der Waals surface area contributed by atoms with Gasteiger partial charge in [0.25, 0.3) is 5.91 Å². The molecule has 4 rings (SSSR count). The van der Waals surface area contributed by atoms with Crippen LogP contribution in [0.25, 0.3) is 0 Å². The monoisotopic (exact) mass is 495 g/mol. The van der Waals surface area contributed by atoms with Crippen LogP contribution in [0.15, 0.2) is 65.9 Å². The van der Waals surface area contributed by atoms with E-state index in [2.05, 4.69) is 20.2 Å². The number of hydrogen-bond acceptors (Lipinski definition) is 5. The van der Waals surface area contributed by atoms with Gasteiger partial charge in [-0.3, -0.25) is 19.7 Å². The average molecular weight is 496 g/mol. The number of amides is 1. The Morgan fingerprint density at radius 1 is 1.06 bits per heavy atom. The Balaban J connectivity index is 1.51. The van der Waals surface area contributed by atoms with Crippen LogP contribution in [-0.4, -0.2) is 60.1 Å². The highest BCUT2D eigenvalue weighted by molar-refractivity contribution is 6.05. The molecular weight excluding hydrogens is 467 g/mol. The summed E-state index contributed by atoms with van der Waals surface area (Å²) in [6.45, 7) is 5.15. The van der Waals surface area contributed by atoms with Crippen molar-refractivity contribution in [3.05, 3.63) is 88.7 Å². The molecule has 0 atom stereocenters. The number of piperazine rings is 1. The zero-order valence-electron chi connectivity index (χ0n) is 20.2. The molecule has 0 aliphatic carbocycles. The van der Waals surface area contributed by atoms with Gasteiger partial charge in [0, 0.05) is 62.6 Å². The molecule has 6 nitrogen and oxygen atoms in total. The Morgan fingerprint density at radius 2 is 1.78 bits per heavy atom. The molecule has 1 aliphatic rings. The van der Waals surface area contributed by atoms with Crippen LogP contribution in [0.3, 0.4) is 0 Å². The quantitative estimate of drug-likeness (QED) is 0.480. The minimum Gasteiger partial charge on any atom is -0.322 e. The van der Waals surface area contributed by atoms with E-state index in [1.807, 2.05) is 18.9 Å². The fraction of sp³-hybridized carbons (Fsp3) is 0.296. The number of halogens is 3. The highest BCUT2D eigenvalue weighted by Crippen LogP contribution is 2.35. The van der Waals surface area contributed by atoms with Crippen LogP contribution in [0.5, 0.6) is 0 Å². The largest absolute Gasteiger partial charge is 0.416 e. The van der Waals surface area contributed by atoms with E-state index in [4.69, 9.17) is 0 Å². The highest BCUT2D eigenvalue weighted by Gasteiger charge is 2.34. The number of carbonyl (C=O) groups excluding carboxylic acids is 1. The Kier molecular flexibility index (Phi) is 7.81. The summed E-state index contributed by atoms with van der Waals surface area (Å²) in [5.41, 5.74) is 2.19. The number of carbonyl (C=O) groups is 1. The second-order valence-corrected chi connectivity index (χ2v) is 8.94. The lowest BCUT2D eigenvalue weighted by Gasteiger charge is -2.33. The summed E-state index contributed by atoms with van der Waals surface area (Å²) in [7, 11) is 2.00. The summed E-state index contributed by atoms with van der Waals surface area (Å²) in [6, 6.07) is 12.6. The first kappa shape index (κ1) is 25.5. The summed E-state index contributed by atoms with van der Waals surface area (Å²) in [5, 5.41) is 2.61. The maximum Gasteiger partial charge on any atom is 0.416 e. The first-order valence-electron chi connectivity index (χ1n) is 11.7. The molecule has 1 aliphatic heterocycles. The third-order valence-electron chi connectivity index (χ3n) is 6.19. The number of benzene rings is 2. The predicted octanol–water partition coefficient (Wildman–Crippen LogP) is 5.16. The van der Waals surface area contributed by atoms with Crippen LogP contribution < -0.4 is 5.32 Å². The molecule has 1 fully saturated rings. The number of nitrogens with zero attached hydrogens (tertiary/aromatic N) is 4. The molecule has 1 aromatic heterocycles. The van der Waals surface area contributed by atoms with E-state index in [1.54, 1.807) is 48.9 Å². The van der Waals surface area contributed by atoms with Crippen molar-refractivity contribution >= 4 is 23.5 Å². The third-order valence-corrected chi connectivity index (χ3v) is 6.19. The molecule has 2 aromatic carbocycles. The number of aryl methyl sites for hydroxylation is 1. The molecule has 0 saturated carbocycles. The minimum atomic E-state index is -4.53. The number of alkyl halides is 3. The number of likely N-dealkylation sites (N-methyl/N-ethyl adjacent to an activating group) is 1. The van der Waals surface area contributed by atoms with Crippen LogP contribution >= 0.6 is 0 Å². The van der Waals surface area contributed by atoms with E-state index < -0.39 is 17.6 Å². The normalized spacial score (nSPS) is 15.4. The lowest BCUT2D eigenvalue weighted by atomic mass is 10.0. The number of hydrogen-bond donors (Lipinski definition) is 1. The maximum absolute atomic E-state index is 13.9. The average Bonchev–Trinajstić information content (AvgIpc) is 2.85. The standard InChI is InChI=1S/C27H28F3N5O/c1-19-3-4-21(15-25(19)32-17-20-7-9-31-10-8-20)26(36)33-23-6-5-22(24(16-23)27(28,29)30)18-35-13-11-34(2)12-14-35/h3-10,15-17H,11-14,18H2,1-2H3,(H,33,36). The van der Waals surface area contributed by atoms with E-state index >= 15 is 0 Å². The summed E-state index contributed by atoms with van der Waals surface area (Å²) >= 11 is 0. The number of rotatable bonds is 6. The Morgan fingerprint density at radius 3 is 2.47 bits per heavy atom. The van der Waals surface area contributed by atoms with E-state index in [0.29, 0.717) is 24.3 Å². The summed E-state index contributed by atoms with van der Waals surface area (Å²) < 4.78 is 41.6. The number of pyridine rings is 1. The SMILES string of the molecule is Cc1ccc(C(=O)Nc2ccc(CN3CCN(C)CC3)c(C(F)(F)F)c2)cc1N=Cc1ccncc1. The number of aromatic nitrogens is 1. The van der Waals surface area contributed by atoms with E-state index in [1.165, 1.54) is 12.1 Å². The van der Waals surface area contributed by atoms with Gasteiger partial charge < -0.3 is 10.2 Å². The van der Waals surface area contributed by atoms with Crippen molar-refractivity contribution < 1.29 is 18.0 Å². The molecule has 1 N–H and O–H groups in total. The molecule has 2 heterocycles. The van der Waals surface area contributed by atoms with Gasteiger partial charge in [0.1, 0.15) is 0 Å². The van der Waals surface area contributed by atoms with Gasteiger partial charge in [0.05, 0.1) is 11.3 Å². The molecule has 1 saturated heterocycles. The minimum absolute atomic E-state index is 0.0943. The predicted molar refractivity (Wildman–Crippen MR) is 135 cm³/mol. The molecule has 36 heavy (non-hydrogen) atoms. The summed E-state index contributed by atoms with van der Waals surface area (Å²) in [5.74, 6) is -0.504. The first-order valence-corrected chi connectivity index (χ1v) is 11.7. The second kappa shape index (κ2) is 11.0. The molecule has 0 bridgehead atoms. The van der Waals surface area contributed by atoms with Crippen molar-refractivity contribution in [3.63, 3.8) is 0 Å². The van der Waals surface area contributed by atoms with Crippen LogP contribution in [0, 0.1) is 6.92 Å². The lowest BCUT2D eigenvalue weighted by Crippen LogP contribution is -2.44. The summed E-state index contributed by atoms with van der Waals surface area (Å²) in [4.78, 5) is 25.5. The van der Waals surface area contributed by atoms with Crippen LogP contribution in [0.1, 0.15) is 32.6 Å². The first-order chi connectivity index (χ1) is 17.2. The van der Waals surface area contributed by atoms with Crippen LogP contribution in [0.4, 0.5) is 24.5 Å². The molecular formula is C27H28F3N5O. The molecule has 0 spiro atoms. The zero-order chi connectivity index (χ0) is 25.7. The molecule has 0 radical (unpaired) electrons. The molecule has 0 unspecified atom stereocenters. The molecule has 1 amide bonds. The van der Waals surface area contributed by atoms with Gasteiger partial charge in [-0.15, -0.1) is 0 Å². The molecule has 3 aromatic rings. The maximum atomic E-state index is 13.9. The van der Waals surface area contributed by atoms with Crippen molar-refractivity contribution in [1.29, 1.82) is 0 Å². The van der Waals surface area contributed by atoms with Gasteiger partial charge >= 0.3 is 6.18 Å². The molecule has 9 heteroatoms. The Hall–Kier alpha value is -3.56. The van der Waals surface area contributed by atoms with Gasteiger partial charge in [0.15, 0.2) is 0 Å². The zero-order valence-corrected chi connectivity index (χ0v) is 20.2. The highest BCUT2D eigenvalue weighted by atomic mass is 19.4. The van der Waals surface area contributed by atoms with Crippen molar-refractivity contribution in [1.82, 2.24) is 14.8 Å². The van der Waals surface area contributed by atoms with Crippen molar-refractivity contribution in [3.8, 4) is 0 Å². The van der Waals surface area contributed by atoms with Crippen LogP contribution in [0.2, 0.25) is 0 Å². The van der Waals surface area contributed by atoms with Crippen molar-refractivity contribution in [2.24, 2.45) is 4.99 Å². The second-order valence-electron chi connectivity index (χ2n) is 8.94. The van der Waals surface area contributed by atoms with Gasteiger partial charge in [-0.2, -0.15) is 13.2 Å². The van der Waals surface area contributed by atoms with Crippen molar-refractivity contribution in [2.45, 2.75) is 19.6 Å². The topological polar surface area (TPSA) is 60.8 Å².